The van der Waals surface area contributed by atoms with Crippen molar-refractivity contribution >= 4 is 10.9 Å². The minimum absolute atomic E-state index is 0.667. The Morgan fingerprint density at radius 2 is 2.00 bits per heavy atom. The van der Waals surface area contributed by atoms with Crippen molar-refractivity contribution in [2.75, 3.05) is 6.61 Å². The summed E-state index contributed by atoms with van der Waals surface area (Å²) in [5.41, 5.74) is 5.60. The molecular weight excluding hydrogens is 308 g/mol. The summed E-state index contributed by atoms with van der Waals surface area (Å²) in [6, 6.07) is 14.8. The summed E-state index contributed by atoms with van der Waals surface area (Å²) >= 11 is 0. The van der Waals surface area contributed by atoms with Gasteiger partial charge in [0, 0.05) is 18.1 Å². The Balaban J connectivity index is 1.73. The van der Waals surface area contributed by atoms with Gasteiger partial charge in [0.15, 0.2) is 0 Å². The van der Waals surface area contributed by atoms with Crippen molar-refractivity contribution in [2.24, 2.45) is 0 Å². The van der Waals surface area contributed by atoms with Crippen LogP contribution in [0, 0.1) is 25.2 Å². The topological polar surface area (TPSA) is 38.0 Å². The summed E-state index contributed by atoms with van der Waals surface area (Å²) < 4.78 is 8.17. The van der Waals surface area contributed by atoms with Gasteiger partial charge in [-0.1, -0.05) is 37.3 Å². The highest BCUT2D eigenvalue weighted by Gasteiger charge is 2.11. The standard InChI is InChI=1S/C22H24N2O/c1-4-18-7-5-8-20-19(14-23)15-24(22(18)20)11-6-12-25-21-13-16(2)9-10-17(21)3/h5,7-10,13,15H,4,6,11-12H2,1-3H3. The van der Waals surface area contributed by atoms with Gasteiger partial charge in [-0.25, -0.2) is 0 Å². The summed E-state index contributed by atoms with van der Waals surface area (Å²) in [5, 5.41) is 10.5. The number of para-hydroxylation sites is 1. The van der Waals surface area contributed by atoms with Crippen LogP contribution in [0.5, 0.6) is 5.75 Å². The number of ether oxygens (including phenoxy) is 1. The highest BCUT2D eigenvalue weighted by molar-refractivity contribution is 5.89. The maximum Gasteiger partial charge on any atom is 0.122 e. The van der Waals surface area contributed by atoms with Crippen LogP contribution in [-0.2, 0) is 13.0 Å². The molecule has 0 N–H and O–H groups in total. The summed E-state index contributed by atoms with van der Waals surface area (Å²) in [5.74, 6) is 0.962. The smallest absolute Gasteiger partial charge is 0.122 e. The molecule has 1 aromatic heterocycles. The fourth-order valence-corrected chi connectivity index (χ4v) is 3.27. The molecule has 3 heteroatoms. The number of hydrogen-bond acceptors (Lipinski definition) is 2. The van der Waals surface area contributed by atoms with Gasteiger partial charge in [-0.3, -0.25) is 0 Å². The Morgan fingerprint density at radius 3 is 2.76 bits per heavy atom. The van der Waals surface area contributed by atoms with E-state index in [1.807, 2.05) is 18.3 Å². The summed E-state index contributed by atoms with van der Waals surface area (Å²) in [6.07, 6.45) is 3.84. The van der Waals surface area contributed by atoms with E-state index in [4.69, 9.17) is 4.74 Å². The van der Waals surface area contributed by atoms with Crippen molar-refractivity contribution in [1.82, 2.24) is 4.57 Å². The normalized spacial score (nSPS) is 10.8. The Morgan fingerprint density at radius 1 is 1.16 bits per heavy atom. The minimum atomic E-state index is 0.667. The van der Waals surface area contributed by atoms with Crippen LogP contribution in [0.4, 0.5) is 0 Å². The van der Waals surface area contributed by atoms with Crippen molar-refractivity contribution in [2.45, 2.75) is 40.2 Å². The average Bonchev–Trinajstić information content (AvgIpc) is 2.99. The van der Waals surface area contributed by atoms with Gasteiger partial charge >= 0.3 is 0 Å². The lowest BCUT2D eigenvalue weighted by molar-refractivity contribution is 0.300. The predicted molar refractivity (Wildman–Crippen MR) is 102 cm³/mol. The number of fused-ring (bicyclic) bond motifs is 1. The molecule has 0 bridgehead atoms. The predicted octanol–water partition coefficient (Wildman–Crippen LogP) is 5.16. The van der Waals surface area contributed by atoms with E-state index in [2.05, 4.69) is 55.7 Å². The number of nitriles is 1. The number of aryl methyl sites for hydroxylation is 4. The molecule has 3 rings (SSSR count). The van der Waals surface area contributed by atoms with E-state index in [1.165, 1.54) is 16.6 Å². The SMILES string of the molecule is CCc1cccc2c(C#N)cn(CCCOc3cc(C)ccc3C)c12. The van der Waals surface area contributed by atoms with E-state index >= 15 is 0 Å². The molecule has 128 valence electrons. The maximum absolute atomic E-state index is 9.40. The number of aromatic nitrogens is 1. The molecule has 3 aromatic rings. The third kappa shape index (κ3) is 3.53. The number of rotatable bonds is 6. The van der Waals surface area contributed by atoms with Crippen molar-refractivity contribution in [3.8, 4) is 11.8 Å². The Labute approximate surface area is 149 Å². The second-order valence-electron chi connectivity index (χ2n) is 6.49. The van der Waals surface area contributed by atoms with Crippen LogP contribution in [0.2, 0.25) is 0 Å². The molecule has 0 radical (unpaired) electrons. The molecule has 0 aliphatic rings. The lowest BCUT2D eigenvalue weighted by Crippen LogP contribution is -2.05. The van der Waals surface area contributed by atoms with E-state index in [0.717, 1.165) is 41.6 Å². The Bertz CT molecular complexity index is 931. The van der Waals surface area contributed by atoms with E-state index in [1.54, 1.807) is 0 Å². The van der Waals surface area contributed by atoms with Crippen LogP contribution < -0.4 is 4.74 Å². The number of benzene rings is 2. The van der Waals surface area contributed by atoms with Crippen molar-refractivity contribution in [1.29, 1.82) is 5.26 Å². The third-order valence-corrected chi connectivity index (χ3v) is 4.63. The van der Waals surface area contributed by atoms with Gasteiger partial charge in [-0.2, -0.15) is 5.26 Å². The molecule has 0 amide bonds. The summed E-state index contributed by atoms with van der Waals surface area (Å²) in [4.78, 5) is 0. The van der Waals surface area contributed by atoms with Gasteiger partial charge in [0.1, 0.15) is 11.8 Å². The molecule has 25 heavy (non-hydrogen) atoms. The zero-order valence-electron chi connectivity index (χ0n) is 15.2. The first-order valence-corrected chi connectivity index (χ1v) is 8.85. The van der Waals surface area contributed by atoms with Gasteiger partial charge < -0.3 is 9.30 Å². The van der Waals surface area contributed by atoms with Gasteiger partial charge in [-0.15, -0.1) is 0 Å². The van der Waals surface area contributed by atoms with Gasteiger partial charge in [-0.05, 0) is 49.4 Å². The number of hydrogen-bond donors (Lipinski definition) is 0. The quantitative estimate of drug-likeness (QED) is 0.585. The van der Waals surface area contributed by atoms with Crippen molar-refractivity contribution in [3.05, 3.63) is 64.8 Å². The first kappa shape index (κ1) is 17.1. The van der Waals surface area contributed by atoms with Gasteiger partial charge in [0.2, 0.25) is 0 Å². The molecular formula is C22H24N2O. The molecule has 0 aliphatic carbocycles. The largest absolute Gasteiger partial charge is 0.493 e. The molecule has 0 atom stereocenters. The van der Waals surface area contributed by atoms with Crippen molar-refractivity contribution in [3.63, 3.8) is 0 Å². The molecule has 0 fully saturated rings. The van der Waals surface area contributed by atoms with E-state index in [0.29, 0.717) is 6.61 Å². The van der Waals surface area contributed by atoms with E-state index in [-0.39, 0.29) is 0 Å². The summed E-state index contributed by atoms with van der Waals surface area (Å²) in [7, 11) is 0. The van der Waals surface area contributed by atoms with Crippen LogP contribution >= 0.6 is 0 Å². The highest BCUT2D eigenvalue weighted by atomic mass is 16.5. The van der Waals surface area contributed by atoms with Crippen LogP contribution in [0.25, 0.3) is 10.9 Å². The van der Waals surface area contributed by atoms with Crippen LogP contribution in [-0.4, -0.2) is 11.2 Å². The van der Waals surface area contributed by atoms with Crippen LogP contribution in [0.3, 0.4) is 0 Å². The molecule has 0 aliphatic heterocycles. The molecule has 0 unspecified atom stereocenters. The zero-order valence-corrected chi connectivity index (χ0v) is 15.2. The molecule has 2 aromatic carbocycles. The second kappa shape index (κ2) is 7.44. The lowest BCUT2D eigenvalue weighted by atomic mass is 10.1. The first-order valence-electron chi connectivity index (χ1n) is 8.85. The van der Waals surface area contributed by atoms with Gasteiger partial charge in [0.05, 0.1) is 17.7 Å². The summed E-state index contributed by atoms with van der Waals surface area (Å²) in [6.45, 7) is 7.82. The number of nitrogens with zero attached hydrogens (tertiary/aromatic N) is 2. The monoisotopic (exact) mass is 332 g/mol. The third-order valence-electron chi connectivity index (χ3n) is 4.63. The van der Waals surface area contributed by atoms with Gasteiger partial charge in [0.25, 0.3) is 0 Å². The average molecular weight is 332 g/mol. The van der Waals surface area contributed by atoms with Crippen LogP contribution in [0.1, 0.15) is 35.6 Å². The van der Waals surface area contributed by atoms with E-state index in [9.17, 15) is 5.26 Å². The van der Waals surface area contributed by atoms with E-state index < -0.39 is 0 Å². The lowest BCUT2D eigenvalue weighted by Gasteiger charge is -2.11. The molecule has 0 saturated heterocycles. The highest BCUT2D eigenvalue weighted by Crippen LogP contribution is 2.25. The second-order valence-corrected chi connectivity index (χ2v) is 6.49. The fraction of sp³-hybridized carbons (Fsp3) is 0.318. The fourth-order valence-electron chi connectivity index (χ4n) is 3.27. The Hall–Kier alpha value is -2.73. The van der Waals surface area contributed by atoms with Crippen molar-refractivity contribution < 1.29 is 4.74 Å². The molecule has 1 heterocycles. The maximum atomic E-state index is 9.40. The molecule has 3 nitrogen and oxygen atoms in total. The first-order chi connectivity index (χ1) is 12.1. The Kier molecular flexibility index (Phi) is 5.09. The minimum Gasteiger partial charge on any atom is -0.493 e. The van der Waals surface area contributed by atoms with Crippen LogP contribution in [0.15, 0.2) is 42.6 Å². The zero-order chi connectivity index (χ0) is 17.8. The molecule has 0 saturated carbocycles. The molecule has 0 spiro atoms.